The Morgan fingerprint density at radius 1 is 1.25 bits per heavy atom. The van der Waals surface area contributed by atoms with Crippen molar-refractivity contribution in [1.29, 1.82) is 0 Å². The summed E-state index contributed by atoms with van der Waals surface area (Å²) in [6.45, 7) is 6.02. The number of nitrogens with one attached hydrogen (secondary N) is 1. The number of amides is 1. The van der Waals surface area contributed by atoms with Crippen LogP contribution in [-0.4, -0.2) is 32.5 Å². The summed E-state index contributed by atoms with van der Waals surface area (Å²) in [5.74, 6) is 1.04. The summed E-state index contributed by atoms with van der Waals surface area (Å²) in [6.07, 6.45) is 2.69. The third kappa shape index (κ3) is 3.75. The number of methoxy groups -OCH3 is 2. The van der Waals surface area contributed by atoms with Crippen molar-refractivity contribution in [2.75, 3.05) is 26.1 Å². The van der Waals surface area contributed by atoms with Crippen LogP contribution in [-0.2, 0) is 10.2 Å². The molecule has 0 aromatic heterocycles. The van der Waals surface area contributed by atoms with Crippen LogP contribution in [0.15, 0.2) is 12.1 Å². The summed E-state index contributed by atoms with van der Waals surface area (Å²) in [6, 6.07) is 3.86. The monoisotopic (exact) mass is 336 g/mol. The van der Waals surface area contributed by atoms with E-state index in [0.29, 0.717) is 23.7 Å². The lowest BCUT2D eigenvalue weighted by molar-refractivity contribution is 0.0635. The molecular weight excluding hydrogens is 308 g/mol. The molecule has 1 aliphatic carbocycles. The number of ether oxygens (including phenoxy) is 3. The van der Waals surface area contributed by atoms with Crippen molar-refractivity contribution in [3.63, 3.8) is 0 Å². The van der Waals surface area contributed by atoms with Crippen molar-refractivity contribution in [3.8, 4) is 11.5 Å². The first kappa shape index (κ1) is 18.4. The zero-order chi connectivity index (χ0) is 18.0. The van der Waals surface area contributed by atoms with Gasteiger partial charge in [0.25, 0.3) is 0 Å². The Hall–Kier alpha value is -1.95. The minimum atomic E-state index is -0.578. The number of benzene rings is 1. The van der Waals surface area contributed by atoms with Crippen LogP contribution < -0.4 is 20.5 Å². The fraction of sp³-hybridized carbons (Fsp3) is 0.611. The van der Waals surface area contributed by atoms with Crippen molar-refractivity contribution >= 4 is 11.8 Å². The second-order valence-corrected chi connectivity index (χ2v) is 7.22. The first-order valence-electron chi connectivity index (χ1n) is 8.21. The van der Waals surface area contributed by atoms with E-state index in [2.05, 4.69) is 5.32 Å². The average Bonchev–Trinajstić information content (AvgIpc) is 2.44. The minimum Gasteiger partial charge on any atom is -0.493 e. The third-order valence-electron chi connectivity index (χ3n) is 4.43. The van der Waals surface area contributed by atoms with Gasteiger partial charge < -0.3 is 19.9 Å². The van der Waals surface area contributed by atoms with Crippen LogP contribution in [0.1, 0.15) is 45.6 Å². The Kier molecular flexibility index (Phi) is 5.28. The number of rotatable bonds is 5. The molecule has 1 saturated carbocycles. The molecular formula is C18H28N2O4. The largest absolute Gasteiger partial charge is 0.493 e. The fourth-order valence-corrected chi connectivity index (χ4v) is 2.99. The van der Waals surface area contributed by atoms with Gasteiger partial charge in [0.05, 0.1) is 19.9 Å². The Balaban J connectivity index is 2.39. The number of carbonyl (C=O) groups excluding carboxylic acids is 1. The molecule has 0 radical (unpaired) electrons. The van der Waals surface area contributed by atoms with Gasteiger partial charge in [0, 0.05) is 12.0 Å². The average molecular weight is 336 g/mol. The molecule has 1 amide bonds. The molecule has 3 N–H and O–H groups in total. The minimum absolute atomic E-state index is 0.0517. The van der Waals surface area contributed by atoms with E-state index in [0.717, 1.165) is 24.8 Å². The molecule has 0 aliphatic heterocycles. The molecule has 24 heavy (non-hydrogen) atoms. The SMILES string of the molecule is COc1cc(C2(CN)CCC2)cc(NC(=O)OC(C)(C)C)c1OC. The predicted octanol–water partition coefficient (Wildman–Crippen LogP) is 3.43. The van der Waals surface area contributed by atoms with E-state index in [1.54, 1.807) is 14.2 Å². The molecule has 1 fully saturated rings. The Labute approximate surface area is 143 Å². The van der Waals surface area contributed by atoms with Gasteiger partial charge in [0.2, 0.25) is 0 Å². The molecule has 6 heteroatoms. The maximum absolute atomic E-state index is 12.2. The van der Waals surface area contributed by atoms with Crippen molar-refractivity contribution in [1.82, 2.24) is 0 Å². The van der Waals surface area contributed by atoms with E-state index in [1.165, 1.54) is 0 Å². The van der Waals surface area contributed by atoms with Gasteiger partial charge in [-0.25, -0.2) is 4.79 Å². The van der Waals surface area contributed by atoms with Crippen LogP contribution >= 0.6 is 0 Å². The molecule has 0 unspecified atom stereocenters. The lowest BCUT2D eigenvalue weighted by Crippen LogP contribution is -2.41. The van der Waals surface area contributed by atoms with Crippen LogP contribution in [0.5, 0.6) is 11.5 Å². The molecule has 2 rings (SSSR count). The molecule has 1 aromatic rings. The molecule has 0 atom stereocenters. The van der Waals surface area contributed by atoms with Crippen LogP contribution in [0.25, 0.3) is 0 Å². The van der Waals surface area contributed by atoms with Crippen LogP contribution in [0.2, 0.25) is 0 Å². The Morgan fingerprint density at radius 3 is 2.33 bits per heavy atom. The van der Waals surface area contributed by atoms with E-state index < -0.39 is 11.7 Å². The quantitative estimate of drug-likeness (QED) is 0.861. The first-order chi connectivity index (χ1) is 11.2. The molecule has 0 spiro atoms. The number of carbonyl (C=O) groups is 1. The van der Waals surface area contributed by atoms with Gasteiger partial charge in [0.15, 0.2) is 11.5 Å². The van der Waals surface area contributed by atoms with Crippen LogP contribution in [0, 0.1) is 0 Å². The number of hydrogen-bond acceptors (Lipinski definition) is 5. The Morgan fingerprint density at radius 2 is 1.92 bits per heavy atom. The highest BCUT2D eigenvalue weighted by Crippen LogP contribution is 2.47. The maximum Gasteiger partial charge on any atom is 0.412 e. The lowest BCUT2D eigenvalue weighted by atomic mass is 9.64. The number of anilines is 1. The van der Waals surface area contributed by atoms with Gasteiger partial charge >= 0.3 is 6.09 Å². The lowest BCUT2D eigenvalue weighted by Gasteiger charge is -2.42. The summed E-state index contributed by atoms with van der Waals surface area (Å²) in [7, 11) is 3.12. The van der Waals surface area contributed by atoms with Crippen molar-refractivity contribution in [3.05, 3.63) is 17.7 Å². The van der Waals surface area contributed by atoms with Gasteiger partial charge in [-0.15, -0.1) is 0 Å². The summed E-state index contributed by atoms with van der Waals surface area (Å²) >= 11 is 0. The Bertz CT molecular complexity index is 598. The topological polar surface area (TPSA) is 82.8 Å². The normalized spacial score (nSPS) is 16.1. The molecule has 1 aromatic carbocycles. The highest BCUT2D eigenvalue weighted by molar-refractivity contribution is 5.88. The molecule has 0 heterocycles. The molecule has 0 saturated heterocycles. The second-order valence-electron chi connectivity index (χ2n) is 7.22. The van der Waals surface area contributed by atoms with Gasteiger partial charge in [0.1, 0.15) is 5.60 Å². The highest BCUT2D eigenvalue weighted by atomic mass is 16.6. The molecule has 134 valence electrons. The van der Waals surface area contributed by atoms with E-state index in [-0.39, 0.29) is 5.41 Å². The van der Waals surface area contributed by atoms with Crippen molar-refractivity contribution < 1.29 is 19.0 Å². The van der Waals surface area contributed by atoms with Crippen LogP contribution in [0.3, 0.4) is 0 Å². The second kappa shape index (κ2) is 6.89. The summed E-state index contributed by atoms with van der Waals surface area (Å²) in [5, 5.41) is 2.77. The van der Waals surface area contributed by atoms with E-state index in [9.17, 15) is 4.79 Å². The standard InChI is InChI=1S/C18H28N2O4/c1-17(2,3)24-16(21)20-13-9-12(18(11-19)7-6-8-18)10-14(22-4)15(13)23-5/h9-10H,6-8,11,19H2,1-5H3,(H,20,21). The fourth-order valence-electron chi connectivity index (χ4n) is 2.99. The van der Waals surface area contributed by atoms with E-state index in [1.807, 2.05) is 32.9 Å². The summed E-state index contributed by atoms with van der Waals surface area (Å²) in [5.41, 5.74) is 6.97. The molecule has 0 bridgehead atoms. The highest BCUT2D eigenvalue weighted by Gasteiger charge is 2.38. The zero-order valence-corrected chi connectivity index (χ0v) is 15.2. The molecule has 6 nitrogen and oxygen atoms in total. The van der Waals surface area contributed by atoms with Gasteiger partial charge in [-0.3, -0.25) is 5.32 Å². The van der Waals surface area contributed by atoms with Crippen LogP contribution in [0.4, 0.5) is 10.5 Å². The number of nitrogens with two attached hydrogens (primary N) is 1. The van der Waals surface area contributed by atoms with Gasteiger partial charge in [-0.05, 0) is 51.3 Å². The summed E-state index contributed by atoms with van der Waals surface area (Å²) < 4.78 is 16.2. The first-order valence-corrected chi connectivity index (χ1v) is 8.21. The van der Waals surface area contributed by atoms with Gasteiger partial charge in [-0.2, -0.15) is 0 Å². The van der Waals surface area contributed by atoms with E-state index in [4.69, 9.17) is 19.9 Å². The van der Waals surface area contributed by atoms with Crippen molar-refractivity contribution in [2.45, 2.75) is 51.0 Å². The zero-order valence-electron chi connectivity index (χ0n) is 15.2. The van der Waals surface area contributed by atoms with E-state index >= 15 is 0 Å². The summed E-state index contributed by atoms with van der Waals surface area (Å²) in [4.78, 5) is 12.2. The third-order valence-corrected chi connectivity index (χ3v) is 4.43. The predicted molar refractivity (Wildman–Crippen MR) is 94.0 cm³/mol. The maximum atomic E-state index is 12.2. The molecule has 1 aliphatic rings. The van der Waals surface area contributed by atoms with Gasteiger partial charge in [-0.1, -0.05) is 6.42 Å². The number of hydrogen-bond donors (Lipinski definition) is 2. The smallest absolute Gasteiger partial charge is 0.412 e. The van der Waals surface area contributed by atoms with Crippen molar-refractivity contribution in [2.24, 2.45) is 5.73 Å².